The van der Waals surface area contributed by atoms with Gasteiger partial charge in [-0.1, -0.05) is 6.42 Å². The van der Waals surface area contributed by atoms with Gasteiger partial charge in [-0.2, -0.15) is 0 Å². The number of piperidine rings is 1. The molecule has 0 aromatic rings. The van der Waals surface area contributed by atoms with Crippen molar-refractivity contribution in [3.63, 3.8) is 0 Å². The fourth-order valence-corrected chi connectivity index (χ4v) is 2.14. The number of hydrogen-bond donors (Lipinski definition) is 1. The molecule has 0 aliphatic carbocycles. The van der Waals surface area contributed by atoms with Gasteiger partial charge in [-0.3, -0.25) is 4.90 Å². The first kappa shape index (κ1) is 8.48. The van der Waals surface area contributed by atoms with Crippen molar-refractivity contribution in [2.75, 3.05) is 32.8 Å². The predicted molar refractivity (Wildman–Crippen MR) is 48.0 cm³/mol. The summed E-state index contributed by atoms with van der Waals surface area (Å²) in [6, 6.07) is 0. The molecule has 2 fully saturated rings. The molecule has 3 nitrogen and oxygen atoms in total. The third-order valence-electron chi connectivity index (χ3n) is 3.15. The summed E-state index contributed by atoms with van der Waals surface area (Å²) in [5.41, 5.74) is 6.00. The van der Waals surface area contributed by atoms with Gasteiger partial charge in [0.15, 0.2) is 0 Å². The Labute approximate surface area is 73.9 Å². The largest absolute Gasteiger partial charge is 0.377 e. The molecule has 2 heterocycles. The van der Waals surface area contributed by atoms with Gasteiger partial charge in [-0.15, -0.1) is 0 Å². The first-order valence-electron chi connectivity index (χ1n) is 4.90. The summed E-state index contributed by atoms with van der Waals surface area (Å²) in [4.78, 5) is 2.53. The first-order chi connectivity index (χ1) is 5.87. The summed E-state index contributed by atoms with van der Waals surface area (Å²) < 4.78 is 5.26. The molecule has 0 aromatic heterocycles. The zero-order chi connectivity index (χ0) is 8.44. The van der Waals surface area contributed by atoms with Crippen LogP contribution < -0.4 is 5.73 Å². The molecule has 12 heavy (non-hydrogen) atoms. The fraction of sp³-hybridized carbons (Fsp3) is 1.00. The Hall–Kier alpha value is -0.120. The topological polar surface area (TPSA) is 38.5 Å². The molecule has 0 atom stereocenters. The molecule has 0 aromatic carbocycles. The minimum atomic E-state index is 0.223. The Bertz CT molecular complexity index is 145. The summed E-state index contributed by atoms with van der Waals surface area (Å²) in [7, 11) is 0. The van der Waals surface area contributed by atoms with E-state index in [1.54, 1.807) is 0 Å². The van der Waals surface area contributed by atoms with Gasteiger partial charge in [0.25, 0.3) is 0 Å². The average Bonchev–Trinajstić information content (AvgIpc) is 2.05. The van der Waals surface area contributed by atoms with E-state index in [2.05, 4.69) is 4.90 Å². The van der Waals surface area contributed by atoms with Crippen molar-refractivity contribution in [2.24, 2.45) is 5.73 Å². The van der Waals surface area contributed by atoms with E-state index in [9.17, 15) is 0 Å². The number of hydrogen-bond acceptors (Lipinski definition) is 3. The highest BCUT2D eigenvalue weighted by Crippen LogP contribution is 2.27. The van der Waals surface area contributed by atoms with E-state index in [-0.39, 0.29) is 5.54 Å². The van der Waals surface area contributed by atoms with Crippen LogP contribution in [0.5, 0.6) is 0 Å². The monoisotopic (exact) mass is 170 g/mol. The van der Waals surface area contributed by atoms with Gasteiger partial charge in [-0.05, 0) is 25.9 Å². The average molecular weight is 170 g/mol. The van der Waals surface area contributed by atoms with Crippen LogP contribution in [0.3, 0.4) is 0 Å². The highest BCUT2D eigenvalue weighted by atomic mass is 16.5. The molecule has 2 aliphatic heterocycles. The number of nitrogens with zero attached hydrogens (tertiary/aromatic N) is 1. The van der Waals surface area contributed by atoms with Gasteiger partial charge in [0.2, 0.25) is 0 Å². The standard InChI is InChI=1S/C9H18N2O/c10-6-9(7-12-8-9)11-4-2-1-3-5-11/h1-8,10H2. The molecule has 2 N–H and O–H groups in total. The highest BCUT2D eigenvalue weighted by molar-refractivity contribution is 4.98. The molecule has 2 aliphatic rings. The molecule has 0 unspecified atom stereocenters. The smallest absolute Gasteiger partial charge is 0.0802 e. The van der Waals surface area contributed by atoms with E-state index in [4.69, 9.17) is 10.5 Å². The Balaban J connectivity index is 1.95. The molecular formula is C9H18N2O. The van der Waals surface area contributed by atoms with Crippen LogP contribution in [-0.4, -0.2) is 43.3 Å². The Kier molecular flexibility index (Phi) is 2.35. The number of rotatable bonds is 2. The van der Waals surface area contributed by atoms with Gasteiger partial charge in [0.1, 0.15) is 0 Å². The van der Waals surface area contributed by atoms with E-state index >= 15 is 0 Å². The van der Waals surface area contributed by atoms with Crippen LogP contribution in [0.4, 0.5) is 0 Å². The normalized spacial score (nSPS) is 29.8. The second-order valence-electron chi connectivity index (χ2n) is 3.97. The van der Waals surface area contributed by atoms with Crippen LogP contribution >= 0.6 is 0 Å². The zero-order valence-corrected chi connectivity index (χ0v) is 7.59. The van der Waals surface area contributed by atoms with Crippen LogP contribution in [0, 0.1) is 0 Å². The molecule has 0 saturated carbocycles. The first-order valence-corrected chi connectivity index (χ1v) is 4.90. The van der Waals surface area contributed by atoms with Gasteiger partial charge in [0.05, 0.1) is 18.8 Å². The number of likely N-dealkylation sites (tertiary alicyclic amines) is 1. The van der Waals surface area contributed by atoms with E-state index in [0.717, 1.165) is 19.8 Å². The van der Waals surface area contributed by atoms with Gasteiger partial charge in [0, 0.05) is 6.54 Å². The number of ether oxygens (including phenoxy) is 1. The molecule has 2 rings (SSSR count). The molecule has 0 spiro atoms. The quantitative estimate of drug-likeness (QED) is 0.643. The number of nitrogens with two attached hydrogens (primary N) is 1. The summed E-state index contributed by atoms with van der Waals surface area (Å²) in [6.07, 6.45) is 4.06. The lowest BCUT2D eigenvalue weighted by Gasteiger charge is -2.50. The lowest BCUT2D eigenvalue weighted by atomic mass is 9.92. The van der Waals surface area contributed by atoms with Crippen molar-refractivity contribution in [1.29, 1.82) is 0 Å². The summed E-state index contributed by atoms with van der Waals surface area (Å²) in [5, 5.41) is 0. The minimum Gasteiger partial charge on any atom is -0.377 e. The molecule has 3 heteroatoms. The lowest BCUT2D eigenvalue weighted by molar-refractivity contribution is -0.139. The third-order valence-corrected chi connectivity index (χ3v) is 3.15. The van der Waals surface area contributed by atoms with Crippen LogP contribution in [0.25, 0.3) is 0 Å². The molecule has 2 saturated heterocycles. The van der Waals surface area contributed by atoms with Crippen molar-refractivity contribution in [2.45, 2.75) is 24.8 Å². The van der Waals surface area contributed by atoms with Crippen molar-refractivity contribution in [1.82, 2.24) is 4.90 Å². The molecule has 70 valence electrons. The van der Waals surface area contributed by atoms with E-state index in [1.165, 1.54) is 32.4 Å². The van der Waals surface area contributed by atoms with Gasteiger partial charge >= 0.3 is 0 Å². The van der Waals surface area contributed by atoms with Gasteiger partial charge < -0.3 is 10.5 Å². The van der Waals surface area contributed by atoms with E-state index in [1.807, 2.05) is 0 Å². The third kappa shape index (κ3) is 1.26. The van der Waals surface area contributed by atoms with Crippen LogP contribution in [0.15, 0.2) is 0 Å². The highest BCUT2D eigenvalue weighted by Gasteiger charge is 2.42. The summed E-state index contributed by atoms with van der Waals surface area (Å²) >= 11 is 0. The maximum absolute atomic E-state index is 5.78. The van der Waals surface area contributed by atoms with Crippen LogP contribution in [-0.2, 0) is 4.74 Å². The fourth-order valence-electron chi connectivity index (χ4n) is 2.14. The van der Waals surface area contributed by atoms with E-state index < -0.39 is 0 Å². The maximum atomic E-state index is 5.78. The molecule has 0 amide bonds. The summed E-state index contributed by atoms with van der Waals surface area (Å²) in [6.45, 7) is 4.90. The second-order valence-corrected chi connectivity index (χ2v) is 3.97. The van der Waals surface area contributed by atoms with Crippen molar-refractivity contribution >= 4 is 0 Å². The van der Waals surface area contributed by atoms with Crippen LogP contribution in [0.1, 0.15) is 19.3 Å². The Morgan fingerprint density at radius 1 is 1.17 bits per heavy atom. The van der Waals surface area contributed by atoms with Crippen LogP contribution in [0.2, 0.25) is 0 Å². The zero-order valence-electron chi connectivity index (χ0n) is 7.59. The van der Waals surface area contributed by atoms with Crippen molar-refractivity contribution < 1.29 is 4.74 Å². The van der Waals surface area contributed by atoms with Crippen molar-refractivity contribution in [3.8, 4) is 0 Å². The van der Waals surface area contributed by atoms with Crippen molar-refractivity contribution in [3.05, 3.63) is 0 Å². The maximum Gasteiger partial charge on any atom is 0.0802 e. The predicted octanol–water partition coefficient (Wildman–Crippen LogP) is 0.200. The second kappa shape index (κ2) is 3.32. The molecule has 0 radical (unpaired) electrons. The minimum absolute atomic E-state index is 0.223. The Morgan fingerprint density at radius 2 is 1.83 bits per heavy atom. The van der Waals surface area contributed by atoms with E-state index in [0.29, 0.717) is 0 Å². The molecule has 0 bridgehead atoms. The molecular weight excluding hydrogens is 152 g/mol. The van der Waals surface area contributed by atoms with Gasteiger partial charge in [-0.25, -0.2) is 0 Å². The Morgan fingerprint density at radius 3 is 2.25 bits per heavy atom. The SMILES string of the molecule is NCC1(N2CCCCC2)COC1. The lowest BCUT2D eigenvalue weighted by Crippen LogP contribution is -2.67. The summed E-state index contributed by atoms with van der Waals surface area (Å²) in [5.74, 6) is 0.